The van der Waals surface area contributed by atoms with Crippen LogP contribution < -0.4 is 10.1 Å². The third-order valence-corrected chi connectivity index (χ3v) is 8.11. The molecule has 0 saturated heterocycles. The fourth-order valence-electron chi connectivity index (χ4n) is 4.33. The van der Waals surface area contributed by atoms with Gasteiger partial charge in [-0.25, -0.2) is 4.79 Å². The number of thioether (sulfide) groups is 1. The number of ether oxygens (including phenoxy) is 2. The van der Waals surface area contributed by atoms with Crippen molar-refractivity contribution in [3.8, 4) is 5.75 Å². The molecule has 0 spiro atoms. The van der Waals surface area contributed by atoms with E-state index in [1.54, 1.807) is 0 Å². The van der Waals surface area contributed by atoms with E-state index in [1.807, 2.05) is 44.5 Å². The smallest absolute Gasteiger partial charge is 0.341 e. The van der Waals surface area contributed by atoms with Crippen LogP contribution in [0.25, 0.3) is 0 Å². The Morgan fingerprint density at radius 2 is 1.89 bits per heavy atom. The number of amides is 1. The summed E-state index contributed by atoms with van der Waals surface area (Å²) in [6, 6.07) is 6.08. The molecule has 0 radical (unpaired) electrons. The van der Waals surface area contributed by atoms with E-state index in [0.29, 0.717) is 21.5 Å². The van der Waals surface area contributed by atoms with E-state index in [1.165, 1.54) is 30.2 Å². The van der Waals surface area contributed by atoms with E-state index >= 15 is 0 Å². The molecule has 3 aromatic rings. The maximum atomic E-state index is 12.8. The number of carbonyl (C=O) groups is 2. The third kappa shape index (κ3) is 5.70. The average Bonchev–Trinajstić information content (AvgIpc) is 3.36. The maximum absolute atomic E-state index is 12.8. The molecule has 1 amide bonds. The number of aryl methyl sites for hydroxylation is 3. The van der Waals surface area contributed by atoms with Crippen LogP contribution >= 0.6 is 23.1 Å². The normalized spacial score (nSPS) is 13.7. The maximum Gasteiger partial charge on any atom is 0.341 e. The summed E-state index contributed by atoms with van der Waals surface area (Å²) in [6.45, 7) is 5.99. The van der Waals surface area contributed by atoms with Crippen molar-refractivity contribution in [1.82, 2.24) is 14.8 Å². The van der Waals surface area contributed by atoms with E-state index in [4.69, 9.17) is 9.47 Å². The van der Waals surface area contributed by atoms with Gasteiger partial charge in [0.25, 0.3) is 0 Å². The van der Waals surface area contributed by atoms with Crippen LogP contribution in [0, 0.1) is 13.8 Å². The van der Waals surface area contributed by atoms with Crippen molar-refractivity contribution in [2.45, 2.75) is 57.7 Å². The number of thiophene rings is 1. The van der Waals surface area contributed by atoms with Gasteiger partial charge in [0.2, 0.25) is 5.91 Å². The molecule has 0 fully saturated rings. The number of methoxy groups -OCH3 is 1. The standard InChI is InChI=1S/C25H30N4O4S2/c1-14-10-15(2)12-17(11-14)33-16(3)22-27-28-25(29(22)4)34-13-20(30)26-23-21(24(31)32-5)18-8-6-7-9-19(18)35-23/h10-12,16H,6-9,13H2,1-5H3,(H,26,30). The number of nitrogens with zero attached hydrogens (tertiary/aromatic N) is 3. The summed E-state index contributed by atoms with van der Waals surface area (Å²) in [5, 5.41) is 12.6. The van der Waals surface area contributed by atoms with Crippen molar-refractivity contribution in [1.29, 1.82) is 0 Å². The Morgan fingerprint density at radius 1 is 1.17 bits per heavy atom. The first kappa shape index (κ1) is 25.2. The Hall–Kier alpha value is -2.85. The summed E-state index contributed by atoms with van der Waals surface area (Å²) < 4.78 is 12.9. The van der Waals surface area contributed by atoms with Crippen molar-refractivity contribution >= 4 is 40.0 Å². The lowest BCUT2D eigenvalue weighted by Gasteiger charge is -2.15. The van der Waals surface area contributed by atoms with Gasteiger partial charge in [-0.05, 0) is 75.3 Å². The van der Waals surface area contributed by atoms with E-state index in [2.05, 4.69) is 21.6 Å². The molecular formula is C25H30N4O4S2. The van der Waals surface area contributed by atoms with E-state index in [9.17, 15) is 9.59 Å². The number of benzene rings is 1. The molecule has 1 atom stereocenters. The summed E-state index contributed by atoms with van der Waals surface area (Å²) >= 11 is 2.77. The number of aromatic nitrogens is 3. The first-order valence-corrected chi connectivity index (χ1v) is 13.4. The van der Waals surface area contributed by atoms with Gasteiger partial charge in [-0.3, -0.25) is 4.79 Å². The number of nitrogens with one attached hydrogen (secondary N) is 1. The molecule has 2 heterocycles. The summed E-state index contributed by atoms with van der Waals surface area (Å²) in [6.07, 6.45) is 3.59. The van der Waals surface area contributed by atoms with Gasteiger partial charge in [0, 0.05) is 11.9 Å². The Morgan fingerprint density at radius 3 is 2.60 bits per heavy atom. The minimum Gasteiger partial charge on any atom is -0.483 e. The van der Waals surface area contributed by atoms with Crippen LogP contribution in [0.1, 0.15) is 63.6 Å². The molecule has 8 nitrogen and oxygen atoms in total. The summed E-state index contributed by atoms with van der Waals surface area (Å²) in [7, 11) is 3.23. The van der Waals surface area contributed by atoms with Gasteiger partial charge in [0.15, 0.2) is 17.1 Å². The second-order valence-corrected chi connectivity index (χ2v) is 10.8. The van der Waals surface area contributed by atoms with Crippen LogP contribution in [-0.4, -0.2) is 39.5 Å². The minimum atomic E-state index is -0.400. The van der Waals surface area contributed by atoms with E-state index in [0.717, 1.165) is 53.0 Å². The molecule has 0 bridgehead atoms. The first-order valence-electron chi connectivity index (χ1n) is 11.6. The quantitative estimate of drug-likeness (QED) is 0.333. The number of rotatable bonds is 8. The molecular weight excluding hydrogens is 484 g/mol. The highest BCUT2D eigenvalue weighted by atomic mass is 32.2. The van der Waals surface area contributed by atoms with Gasteiger partial charge in [-0.15, -0.1) is 21.5 Å². The number of anilines is 1. The highest BCUT2D eigenvalue weighted by molar-refractivity contribution is 7.99. The molecule has 0 aliphatic heterocycles. The molecule has 0 saturated carbocycles. The lowest BCUT2D eigenvalue weighted by Crippen LogP contribution is -2.17. The Bertz CT molecular complexity index is 1230. The molecule has 2 aromatic heterocycles. The lowest BCUT2D eigenvalue weighted by molar-refractivity contribution is -0.113. The Kier molecular flexibility index (Phi) is 7.81. The van der Waals surface area contributed by atoms with Crippen molar-refractivity contribution in [3.05, 3.63) is 51.2 Å². The van der Waals surface area contributed by atoms with Gasteiger partial charge in [0.05, 0.1) is 18.4 Å². The summed E-state index contributed by atoms with van der Waals surface area (Å²) in [4.78, 5) is 26.3. The topological polar surface area (TPSA) is 95.3 Å². The van der Waals surface area contributed by atoms with Crippen LogP contribution in [0.15, 0.2) is 23.4 Å². The van der Waals surface area contributed by atoms with Gasteiger partial charge in [0.1, 0.15) is 10.8 Å². The van der Waals surface area contributed by atoms with Gasteiger partial charge in [-0.2, -0.15) is 0 Å². The van der Waals surface area contributed by atoms with Crippen LogP contribution in [-0.2, 0) is 29.4 Å². The van der Waals surface area contributed by atoms with Crippen LogP contribution in [0.4, 0.5) is 5.00 Å². The van der Waals surface area contributed by atoms with Crippen molar-refractivity contribution < 1.29 is 19.1 Å². The number of hydrogen-bond donors (Lipinski definition) is 1. The zero-order valence-corrected chi connectivity index (χ0v) is 22.3. The highest BCUT2D eigenvalue weighted by Crippen LogP contribution is 2.38. The van der Waals surface area contributed by atoms with Crippen LogP contribution in [0.5, 0.6) is 5.75 Å². The monoisotopic (exact) mass is 514 g/mol. The molecule has 1 aliphatic rings. The lowest BCUT2D eigenvalue weighted by atomic mass is 9.95. The summed E-state index contributed by atoms with van der Waals surface area (Å²) in [5.74, 6) is 0.991. The third-order valence-electron chi connectivity index (χ3n) is 5.89. The molecule has 35 heavy (non-hydrogen) atoms. The molecule has 1 N–H and O–H groups in total. The van der Waals surface area contributed by atoms with E-state index < -0.39 is 5.97 Å². The molecule has 1 unspecified atom stereocenters. The highest BCUT2D eigenvalue weighted by Gasteiger charge is 2.27. The zero-order chi connectivity index (χ0) is 25.1. The molecule has 10 heteroatoms. The number of esters is 1. The van der Waals surface area contributed by atoms with E-state index in [-0.39, 0.29) is 17.8 Å². The van der Waals surface area contributed by atoms with Gasteiger partial charge < -0.3 is 19.4 Å². The minimum absolute atomic E-state index is 0.140. The van der Waals surface area contributed by atoms with Crippen LogP contribution in [0.2, 0.25) is 0 Å². The van der Waals surface area contributed by atoms with Gasteiger partial charge in [-0.1, -0.05) is 17.8 Å². The average molecular weight is 515 g/mol. The molecule has 1 aliphatic carbocycles. The Balaban J connectivity index is 1.40. The van der Waals surface area contributed by atoms with Crippen molar-refractivity contribution in [3.63, 3.8) is 0 Å². The number of carbonyl (C=O) groups excluding carboxylic acids is 2. The summed E-state index contributed by atoms with van der Waals surface area (Å²) in [5.41, 5.74) is 3.79. The molecule has 1 aromatic carbocycles. The molecule has 4 rings (SSSR count). The largest absolute Gasteiger partial charge is 0.483 e. The van der Waals surface area contributed by atoms with Gasteiger partial charge >= 0.3 is 5.97 Å². The Labute approximate surface area is 213 Å². The second kappa shape index (κ2) is 10.8. The fourth-order valence-corrected chi connectivity index (χ4v) is 6.34. The second-order valence-electron chi connectivity index (χ2n) is 8.73. The van der Waals surface area contributed by atoms with Crippen molar-refractivity contribution in [2.24, 2.45) is 7.05 Å². The number of hydrogen-bond acceptors (Lipinski definition) is 8. The fraction of sp³-hybridized carbons (Fsp3) is 0.440. The van der Waals surface area contributed by atoms with Crippen LogP contribution in [0.3, 0.4) is 0 Å². The van der Waals surface area contributed by atoms with Crippen molar-refractivity contribution in [2.75, 3.05) is 18.2 Å². The zero-order valence-electron chi connectivity index (χ0n) is 20.6. The predicted octanol–water partition coefficient (Wildman–Crippen LogP) is 5.03. The first-order chi connectivity index (χ1) is 16.8. The SMILES string of the molecule is COC(=O)c1c(NC(=O)CSc2nnc(C(C)Oc3cc(C)cc(C)c3)n2C)sc2c1CCCC2. The molecule has 186 valence electrons. The predicted molar refractivity (Wildman–Crippen MR) is 138 cm³/mol. The number of fused-ring (bicyclic) bond motifs is 1.